The van der Waals surface area contributed by atoms with Gasteiger partial charge in [-0.05, 0) is 32.0 Å². The lowest BCUT2D eigenvalue weighted by Gasteiger charge is -2.15. The van der Waals surface area contributed by atoms with Crippen molar-refractivity contribution in [1.29, 1.82) is 0 Å². The average molecular weight is 300 g/mol. The molecule has 1 atom stereocenters. The third-order valence-electron chi connectivity index (χ3n) is 2.60. The number of furan rings is 1. The highest BCUT2D eigenvalue weighted by Gasteiger charge is 2.13. The summed E-state index contributed by atoms with van der Waals surface area (Å²) in [5.74, 6) is 2.01. The molecule has 6 heteroatoms. The highest BCUT2D eigenvalue weighted by molar-refractivity contribution is 6.37. The second-order valence-electron chi connectivity index (χ2n) is 4.06. The van der Waals surface area contributed by atoms with Gasteiger partial charge in [-0.25, -0.2) is 4.98 Å². The molecule has 2 aromatic heterocycles. The molecule has 2 aromatic rings. The van der Waals surface area contributed by atoms with Gasteiger partial charge < -0.3 is 15.1 Å². The summed E-state index contributed by atoms with van der Waals surface area (Å²) in [5.41, 5.74) is 0. The van der Waals surface area contributed by atoms with Crippen LogP contribution < -0.4 is 10.6 Å². The molecule has 2 rings (SSSR count). The van der Waals surface area contributed by atoms with E-state index in [1.54, 1.807) is 12.3 Å². The summed E-state index contributed by atoms with van der Waals surface area (Å²) in [6.07, 6.45) is 1.63. The molecule has 2 N–H and O–H groups in total. The molecule has 0 aromatic carbocycles. The van der Waals surface area contributed by atoms with Crippen molar-refractivity contribution in [3.8, 4) is 0 Å². The molecule has 0 bridgehead atoms. The van der Waals surface area contributed by atoms with Gasteiger partial charge in [-0.15, -0.1) is 0 Å². The molecule has 1 unspecified atom stereocenters. The average Bonchev–Trinajstić information content (AvgIpc) is 2.89. The van der Waals surface area contributed by atoms with Crippen LogP contribution in [0.4, 0.5) is 11.6 Å². The highest BCUT2D eigenvalue weighted by Crippen LogP contribution is 2.31. The maximum absolute atomic E-state index is 6.14. The van der Waals surface area contributed by atoms with Crippen LogP contribution in [0.2, 0.25) is 10.0 Å². The van der Waals surface area contributed by atoms with Crippen LogP contribution in [-0.4, -0.2) is 11.5 Å². The molecule has 0 aliphatic carbocycles. The van der Waals surface area contributed by atoms with Crippen LogP contribution in [0.1, 0.15) is 25.6 Å². The number of nitrogens with one attached hydrogen (secondary N) is 2. The Morgan fingerprint density at radius 2 is 2.05 bits per heavy atom. The molecule has 0 spiro atoms. The Kier molecular flexibility index (Phi) is 4.56. The number of pyridine rings is 1. The first-order valence-corrected chi connectivity index (χ1v) is 6.77. The van der Waals surface area contributed by atoms with E-state index in [9.17, 15) is 0 Å². The van der Waals surface area contributed by atoms with Crippen LogP contribution in [-0.2, 0) is 0 Å². The first kappa shape index (κ1) is 14.0. The van der Waals surface area contributed by atoms with Crippen molar-refractivity contribution in [2.45, 2.75) is 19.9 Å². The third-order valence-corrected chi connectivity index (χ3v) is 3.17. The predicted molar refractivity (Wildman–Crippen MR) is 79.2 cm³/mol. The third kappa shape index (κ3) is 3.33. The molecule has 0 fully saturated rings. The summed E-state index contributed by atoms with van der Waals surface area (Å²) >= 11 is 12.2. The van der Waals surface area contributed by atoms with E-state index in [1.165, 1.54) is 0 Å². The number of anilines is 2. The largest absolute Gasteiger partial charge is 0.467 e. The van der Waals surface area contributed by atoms with E-state index in [4.69, 9.17) is 27.6 Å². The fourth-order valence-corrected chi connectivity index (χ4v) is 2.15. The number of halogens is 2. The zero-order valence-electron chi connectivity index (χ0n) is 10.7. The number of hydrogen-bond donors (Lipinski definition) is 2. The summed E-state index contributed by atoms with van der Waals surface area (Å²) < 4.78 is 5.33. The quantitative estimate of drug-likeness (QED) is 0.848. The minimum Gasteiger partial charge on any atom is -0.467 e. The van der Waals surface area contributed by atoms with Crippen molar-refractivity contribution in [2.75, 3.05) is 17.2 Å². The van der Waals surface area contributed by atoms with Crippen LogP contribution in [0.5, 0.6) is 0 Å². The summed E-state index contributed by atoms with van der Waals surface area (Å²) in [5, 5.41) is 7.27. The lowest BCUT2D eigenvalue weighted by molar-refractivity contribution is 0.490. The van der Waals surface area contributed by atoms with E-state index in [1.807, 2.05) is 26.0 Å². The van der Waals surface area contributed by atoms with E-state index >= 15 is 0 Å². The highest BCUT2D eigenvalue weighted by atomic mass is 35.5. The first-order chi connectivity index (χ1) is 9.11. The van der Waals surface area contributed by atoms with Crippen molar-refractivity contribution in [2.24, 2.45) is 0 Å². The van der Waals surface area contributed by atoms with Gasteiger partial charge in [-0.3, -0.25) is 0 Å². The van der Waals surface area contributed by atoms with Gasteiger partial charge in [0, 0.05) is 6.54 Å². The van der Waals surface area contributed by atoms with E-state index in [0.717, 1.165) is 12.3 Å². The van der Waals surface area contributed by atoms with Crippen LogP contribution in [0.3, 0.4) is 0 Å². The second kappa shape index (κ2) is 6.17. The minimum absolute atomic E-state index is 0.0318. The van der Waals surface area contributed by atoms with Crippen molar-refractivity contribution in [3.05, 3.63) is 40.3 Å². The van der Waals surface area contributed by atoms with Gasteiger partial charge >= 0.3 is 0 Å². The van der Waals surface area contributed by atoms with Crippen molar-refractivity contribution in [3.63, 3.8) is 0 Å². The van der Waals surface area contributed by atoms with Crippen molar-refractivity contribution >= 4 is 34.8 Å². The maximum atomic E-state index is 6.14. The van der Waals surface area contributed by atoms with Gasteiger partial charge in [0.1, 0.15) is 17.4 Å². The predicted octanol–water partition coefficient (Wildman–Crippen LogP) is 4.59. The van der Waals surface area contributed by atoms with Crippen LogP contribution in [0.15, 0.2) is 28.9 Å². The Bertz CT molecular complexity index is 543. The molecule has 0 saturated carbocycles. The molecule has 102 valence electrons. The summed E-state index contributed by atoms with van der Waals surface area (Å²) in [6.45, 7) is 4.69. The van der Waals surface area contributed by atoms with Crippen molar-refractivity contribution < 1.29 is 4.42 Å². The number of nitrogens with zero attached hydrogens (tertiary/aromatic N) is 1. The van der Waals surface area contributed by atoms with Crippen molar-refractivity contribution in [1.82, 2.24) is 4.98 Å². The molecule has 0 aliphatic rings. The molecule has 2 heterocycles. The van der Waals surface area contributed by atoms with E-state index in [-0.39, 0.29) is 6.04 Å². The zero-order chi connectivity index (χ0) is 13.8. The monoisotopic (exact) mass is 299 g/mol. The van der Waals surface area contributed by atoms with Gasteiger partial charge in [0.05, 0.1) is 22.4 Å². The van der Waals surface area contributed by atoms with Gasteiger partial charge in [0.15, 0.2) is 0 Å². The fraction of sp³-hybridized carbons (Fsp3) is 0.308. The van der Waals surface area contributed by atoms with E-state index in [0.29, 0.717) is 21.7 Å². The normalized spacial score (nSPS) is 12.2. The lowest BCUT2D eigenvalue weighted by atomic mass is 10.2. The molecule has 4 nitrogen and oxygen atoms in total. The topological polar surface area (TPSA) is 50.1 Å². The Hall–Kier alpha value is -1.39. The maximum Gasteiger partial charge on any atom is 0.147 e. The van der Waals surface area contributed by atoms with Crippen LogP contribution in [0.25, 0.3) is 0 Å². The SMILES string of the molecule is CCNc1nc(NC(C)c2ccco2)c(Cl)cc1Cl. The molecule has 0 saturated heterocycles. The molecule has 0 amide bonds. The smallest absolute Gasteiger partial charge is 0.147 e. The lowest BCUT2D eigenvalue weighted by Crippen LogP contribution is -2.09. The van der Waals surface area contributed by atoms with E-state index < -0.39 is 0 Å². The van der Waals surface area contributed by atoms with Gasteiger partial charge in [0.2, 0.25) is 0 Å². The van der Waals surface area contributed by atoms with Gasteiger partial charge in [-0.1, -0.05) is 23.2 Å². The second-order valence-corrected chi connectivity index (χ2v) is 4.88. The van der Waals surface area contributed by atoms with Gasteiger partial charge in [0.25, 0.3) is 0 Å². The van der Waals surface area contributed by atoms with Crippen LogP contribution >= 0.6 is 23.2 Å². The number of hydrogen-bond acceptors (Lipinski definition) is 4. The Morgan fingerprint density at radius 1 is 1.32 bits per heavy atom. The first-order valence-electron chi connectivity index (χ1n) is 6.01. The minimum atomic E-state index is -0.0318. The number of aromatic nitrogens is 1. The summed E-state index contributed by atoms with van der Waals surface area (Å²) in [6, 6.07) is 5.38. The fourth-order valence-electron chi connectivity index (χ4n) is 1.67. The molecule has 0 aliphatic heterocycles. The molecular weight excluding hydrogens is 285 g/mol. The van der Waals surface area contributed by atoms with Crippen LogP contribution in [0, 0.1) is 0 Å². The summed E-state index contributed by atoms with van der Waals surface area (Å²) in [4.78, 5) is 4.38. The Balaban J connectivity index is 2.22. The Morgan fingerprint density at radius 3 is 2.68 bits per heavy atom. The standard InChI is InChI=1S/C13H15Cl2N3O/c1-3-16-12-9(14)7-10(15)13(18-12)17-8(2)11-5-4-6-19-11/h4-8H,3H2,1-2H3,(H2,16,17,18). The van der Waals surface area contributed by atoms with E-state index in [2.05, 4.69) is 15.6 Å². The molecule has 0 radical (unpaired) electrons. The Labute approximate surface area is 122 Å². The van der Waals surface area contributed by atoms with Gasteiger partial charge in [-0.2, -0.15) is 0 Å². The molecule has 19 heavy (non-hydrogen) atoms. The number of rotatable bonds is 5. The summed E-state index contributed by atoms with van der Waals surface area (Å²) in [7, 11) is 0. The zero-order valence-corrected chi connectivity index (χ0v) is 12.2. The molecular formula is C13H15Cl2N3O.